The van der Waals surface area contributed by atoms with Gasteiger partial charge in [0.1, 0.15) is 6.54 Å². The highest BCUT2D eigenvalue weighted by atomic mass is 35.5. The molecule has 0 radical (unpaired) electrons. The van der Waals surface area contributed by atoms with Gasteiger partial charge >= 0.3 is 0 Å². The summed E-state index contributed by atoms with van der Waals surface area (Å²) in [5.41, 5.74) is 2.54. The van der Waals surface area contributed by atoms with Crippen molar-refractivity contribution in [3.63, 3.8) is 0 Å². The Kier molecular flexibility index (Phi) is 6.39. The number of rotatable bonds is 5. The van der Waals surface area contributed by atoms with Crippen molar-refractivity contribution in [2.24, 2.45) is 17.8 Å². The van der Waals surface area contributed by atoms with E-state index >= 15 is 0 Å². The monoisotopic (exact) mass is 466 g/mol. The van der Waals surface area contributed by atoms with E-state index in [1.807, 2.05) is 19.9 Å². The van der Waals surface area contributed by atoms with Crippen molar-refractivity contribution in [2.45, 2.75) is 40.0 Å². The molecule has 2 aromatic rings. The Hall–Kier alpha value is -2.99. The maximum atomic E-state index is 13.5. The average Bonchev–Trinajstić information content (AvgIpc) is 3.03. The van der Waals surface area contributed by atoms with E-state index in [2.05, 4.69) is 6.92 Å². The first kappa shape index (κ1) is 23.2. The normalized spacial score (nSPS) is 22.3. The molecular formula is C26H27ClN2O4. The summed E-state index contributed by atoms with van der Waals surface area (Å²) < 4.78 is 0. The molecule has 2 aliphatic rings. The fourth-order valence-electron chi connectivity index (χ4n) is 4.76. The van der Waals surface area contributed by atoms with Crippen LogP contribution in [-0.2, 0) is 9.59 Å². The van der Waals surface area contributed by atoms with Gasteiger partial charge in [0.25, 0.3) is 17.7 Å². The van der Waals surface area contributed by atoms with Gasteiger partial charge in [0, 0.05) is 5.56 Å². The van der Waals surface area contributed by atoms with Crippen LogP contribution < -0.4 is 0 Å². The molecule has 2 aromatic carbocycles. The molecule has 2 fully saturated rings. The molecule has 3 atom stereocenters. The Morgan fingerprint density at radius 1 is 1.00 bits per heavy atom. The molecule has 1 aliphatic heterocycles. The largest absolute Gasteiger partial charge is 0.292 e. The van der Waals surface area contributed by atoms with Crippen LogP contribution in [0.3, 0.4) is 0 Å². The number of amides is 3. The van der Waals surface area contributed by atoms with Gasteiger partial charge in [0.2, 0.25) is 0 Å². The van der Waals surface area contributed by atoms with E-state index in [1.54, 1.807) is 30.3 Å². The molecule has 0 bridgehead atoms. The van der Waals surface area contributed by atoms with Crippen LogP contribution in [0.25, 0.3) is 0 Å². The first-order valence-corrected chi connectivity index (χ1v) is 11.6. The summed E-state index contributed by atoms with van der Waals surface area (Å²) >= 11 is 6.25. The van der Waals surface area contributed by atoms with Gasteiger partial charge in [0.15, 0.2) is 5.78 Å². The minimum absolute atomic E-state index is 0.135. The maximum Gasteiger partial charge on any atom is 0.274 e. The summed E-state index contributed by atoms with van der Waals surface area (Å²) in [6, 6.07) is 11.7. The predicted molar refractivity (Wildman–Crippen MR) is 125 cm³/mol. The molecule has 6 nitrogen and oxygen atoms in total. The number of halogens is 1. The van der Waals surface area contributed by atoms with Crippen LogP contribution in [0.2, 0.25) is 5.02 Å². The quantitative estimate of drug-likeness (QED) is 0.476. The third-order valence-electron chi connectivity index (χ3n) is 6.87. The van der Waals surface area contributed by atoms with Crippen LogP contribution in [-0.4, -0.2) is 40.1 Å². The first-order chi connectivity index (χ1) is 15.7. The Morgan fingerprint density at radius 2 is 1.70 bits per heavy atom. The molecule has 0 unspecified atom stereocenters. The lowest BCUT2D eigenvalue weighted by Gasteiger charge is -2.30. The lowest BCUT2D eigenvalue weighted by molar-refractivity contribution is -0.154. The number of nitrogens with zero attached hydrogens (tertiary/aromatic N) is 2. The number of hydrazine groups is 1. The number of carbonyl (C=O) groups is 4. The number of hydrogen-bond acceptors (Lipinski definition) is 4. The molecule has 0 N–H and O–H groups in total. The highest BCUT2D eigenvalue weighted by molar-refractivity contribution is 6.34. The van der Waals surface area contributed by atoms with Crippen LogP contribution in [0, 0.1) is 31.6 Å². The molecule has 172 valence electrons. The van der Waals surface area contributed by atoms with Gasteiger partial charge in [-0.05, 0) is 68.4 Å². The predicted octanol–water partition coefficient (Wildman–Crippen LogP) is 4.62. The molecule has 33 heavy (non-hydrogen) atoms. The number of hydrogen-bond donors (Lipinski definition) is 0. The Morgan fingerprint density at radius 3 is 2.39 bits per heavy atom. The molecule has 0 aromatic heterocycles. The summed E-state index contributed by atoms with van der Waals surface area (Å²) in [6.45, 7) is 5.48. The minimum atomic E-state index is -0.647. The Labute approximate surface area is 198 Å². The Bertz CT molecular complexity index is 1140. The zero-order valence-corrected chi connectivity index (χ0v) is 19.8. The summed E-state index contributed by atoms with van der Waals surface area (Å²) in [4.78, 5) is 53.4. The summed E-state index contributed by atoms with van der Waals surface area (Å²) in [6.07, 6.45) is 2.06. The van der Waals surface area contributed by atoms with Crippen LogP contribution in [0.15, 0.2) is 42.5 Å². The molecule has 1 saturated heterocycles. The topological polar surface area (TPSA) is 74.8 Å². The van der Waals surface area contributed by atoms with E-state index in [9.17, 15) is 19.2 Å². The second kappa shape index (κ2) is 9.10. The van der Waals surface area contributed by atoms with Gasteiger partial charge in [-0.2, -0.15) is 5.01 Å². The second-order valence-corrected chi connectivity index (χ2v) is 9.59. The zero-order valence-electron chi connectivity index (χ0n) is 19.0. The molecule has 7 heteroatoms. The number of fused-ring (bicyclic) bond motifs is 1. The van der Waals surface area contributed by atoms with Crippen molar-refractivity contribution >= 4 is 35.1 Å². The molecule has 1 heterocycles. The minimum Gasteiger partial charge on any atom is -0.292 e. The highest BCUT2D eigenvalue weighted by Crippen LogP contribution is 2.41. The third-order valence-corrected chi connectivity index (χ3v) is 7.20. The number of benzene rings is 2. The SMILES string of the molecule is Cc1ccc(C(=O)CN(C(=O)c2ccccc2Cl)N2C(=O)[C@@H]3CC[C@H](C)C[C@H]3C2=O)cc1C. The van der Waals surface area contributed by atoms with Gasteiger partial charge in [-0.3, -0.25) is 19.2 Å². The van der Waals surface area contributed by atoms with Gasteiger partial charge in [0.05, 0.1) is 22.4 Å². The standard InChI is InChI=1S/C26H27ClN2O4/c1-15-8-11-19-21(12-15)26(33)29(25(19)32)28(24(31)20-6-4-5-7-22(20)27)14-23(30)18-10-9-16(2)17(3)13-18/h4-7,9-10,13,15,19,21H,8,11-12,14H2,1-3H3/t15-,19+,21+/m0/s1. The smallest absolute Gasteiger partial charge is 0.274 e. The van der Waals surface area contributed by atoms with Crippen molar-refractivity contribution in [3.05, 3.63) is 69.7 Å². The summed E-state index contributed by atoms with van der Waals surface area (Å²) in [7, 11) is 0. The molecule has 4 rings (SSSR count). The summed E-state index contributed by atoms with van der Waals surface area (Å²) in [5, 5.41) is 2.10. The van der Waals surface area contributed by atoms with Gasteiger partial charge in [-0.15, -0.1) is 0 Å². The Balaban J connectivity index is 1.71. The molecule has 3 amide bonds. The zero-order chi connectivity index (χ0) is 23.9. The van der Waals surface area contributed by atoms with Crippen LogP contribution in [0.4, 0.5) is 0 Å². The van der Waals surface area contributed by atoms with Crippen molar-refractivity contribution in [3.8, 4) is 0 Å². The lowest BCUT2D eigenvalue weighted by atomic mass is 9.76. The molecular weight excluding hydrogens is 440 g/mol. The van der Waals surface area contributed by atoms with Gasteiger partial charge < -0.3 is 0 Å². The molecule has 1 aliphatic carbocycles. The van der Waals surface area contributed by atoms with Crippen LogP contribution in [0.1, 0.15) is 58.0 Å². The van der Waals surface area contributed by atoms with Crippen LogP contribution >= 0.6 is 11.6 Å². The van der Waals surface area contributed by atoms with Gasteiger partial charge in [-0.25, -0.2) is 5.01 Å². The third kappa shape index (κ3) is 4.32. The van der Waals surface area contributed by atoms with E-state index in [1.165, 1.54) is 6.07 Å². The fourth-order valence-corrected chi connectivity index (χ4v) is 4.98. The van der Waals surface area contributed by atoms with Gasteiger partial charge in [-0.1, -0.05) is 42.8 Å². The maximum absolute atomic E-state index is 13.5. The van der Waals surface area contributed by atoms with E-state index in [0.29, 0.717) is 24.3 Å². The number of imide groups is 1. The van der Waals surface area contributed by atoms with E-state index in [4.69, 9.17) is 11.6 Å². The van der Waals surface area contributed by atoms with Crippen molar-refractivity contribution in [2.75, 3.05) is 6.54 Å². The molecule has 0 spiro atoms. The highest BCUT2D eigenvalue weighted by Gasteiger charge is 2.52. The van der Waals surface area contributed by atoms with Crippen molar-refractivity contribution < 1.29 is 19.2 Å². The first-order valence-electron chi connectivity index (χ1n) is 11.2. The number of ketones is 1. The van der Waals surface area contributed by atoms with E-state index in [-0.39, 0.29) is 16.4 Å². The summed E-state index contributed by atoms with van der Waals surface area (Å²) in [5.74, 6) is -2.41. The van der Waals surface area contributed by atoms with E-state index < -0.39 is 36.1 Å². The lowest BCUT2D eigenvalue weighted by Crippen LogP contribution is -2.52. The van der Waals surface area contributed by atoms with Crippen molar-refractivity contribution in [1.82, 2.24) is 10.0 Å². The van der Waals surface area contributed by atoms with Crippen molar-refractivity contribution in [1.29, 1.82) is 0 Å². The number of carbonyl (C=O) groups excluding carboxylic acids is 4. The van der Waals surface area contributed by atoms with Crippen LogP contribution in [0.5, 0.6) is 0 Å². The van der Waals surface area contributed by atoms with E-state index in [0.717, 1.165) is 27.6 Å². The second-order valence-electron chi connectivity index (χ2n) is 9.18. The number of aryl methyl sites for hydroxylation is 2. The average molecular weight is 467 g/mol. The number of Topliss-reactive ketones (excluding diaryl/α,β-unsaturated/α-hetero) is 1. The molecule has 1 saturated carbocycles. The fraction of sp³-hybridized carbons (Fsp3) is 0.385.